The van der Waals surface area contributed by atoms with Crippen molar-refractivity contribution in [1.82, 2.24) is 4.98 Å². The average molecular weight is 292 g/mol. The number of nitrogens with zero attached hydrogens (tertiary/aromatic N) is 1. The van der Waals surface area contributed by atoms with Gasteiger partial charge in [0, 0.05) is 17.1 Å². The monoisotopic (exact) mass is 292 g/mol. The molecule has 0 bridgehead atoms. The number of amides is 1. The summed E-state index contributed by atoms with van der Waals surface area (Å²) < 4.78 is 0. The third-order valence-electron chi connectivity index (χ3n) is 3.71. The fraction of sp³-hybridized carbons (Fsp3) is 0.0588. The maximum atomic E-state index is 12.3. The maximum Gasteiger partial charge on any atom is 0.257 e. The molecule has 4 heteroatoms. The van der Waals surface area contributed by atoms with Gasteiger partial charge < -0.3 is 0 Å². The number of carbonyl (C=O) groups excluding carboxylic acids is 1. The summed E-state index contributed by atoms with van der Waals surface area (Å²) in [5.74, 6) is -0.114. The van der Waals surface area contributed by atoms with Crippen LogP contribution in [-0.2, 0) is 6.42 Å². The van der Waals surface area contributed by atoms with Crippen LogP contribution in [0.5, 0.6) is 0 Å². The summed E-state index contributed by atoms with van der Waals surface area (Å²) in [6.45, 7) is 0. The minimum absolute atomic E-state index is 0.114. The molecule has 0 fully saturated rings. The number of nitrogens with one attached hydrogen (secondary N) is 1. The molecule has 1 aliphatic rings. The van der Waals surface area contributed by atoms with Crippen LogP contribution >= 0.6 is 11.3 Å². The standard InChI is InChI=1S/C17H12N2OS/c20-16(19-17-18-7-8-21-17)13-6-5-12-9-11-3-1-2-4-14(11)15(12)10-13/h1-8,10H,9H2,(H,18,19,20). The smallest absolute Gasteiger partial charge is 0.257 e. The molecule has 1 aromatic heterocycles. The molecule has 0 saturated carbocycles. The Morgan fingerprint density at radius 3 is 2.81 bits per heavy atom. The van der Waals surface area contributed by atoms with Crippen LogP contribution in [0.3, 0.4) is 0 Å². The van der Waals surface area contributed by atoms with Crippen molar-refractivity contribution in [2.75, 3.05) is 5.32 Å². The van der Waals surface area contributed by atoms with Crippen molar-refractivity contribution in [3.05, 3.63) is 70.7 Å². The van der Waals surface area contributed by atoms with Gasteiger partial charge in [0.25, 0.3) is 5.91 Å². The van der Waals surface area contributed by atoms with Crippen LogP contribution in [-0.4, -0.2) is 10.9 Å². The molecule has 0 aliphatic heterocycles. The topological polar surface area (TPSA) is 42.0 Å². The number of hydrogen-bond acceptors (Lipinski definition) is 3. The third-order valence-corrected chi connectivity index (χ3v) is 4.40. The number of hydrogen-bond donors (Lipinski definition) is 1. The summed E-state index contributed by atoms with van der Waals surface area (Å²) in [6.07, 6.45) is 2.62. The maximum absolute atomic E-state index is 12.3. The molecular weight excluding hydrogens is 280 g/mol. The van der Waals surface area contributed by atoms with E-state index in [1.54, 1.807) is 6.20 Å². The molecule has 2 aromatic carbocycles. The van der Waals surface area contributed by atoms with Crippen molar-refractivity contribution in [2.45, 2.75) is 6.42 Å². The lowest BCUT2D eigenvalue weighted by atomic mass is 10.0. The van der Waals surface area contributed by atoms with Gasteiger partial charge in [-0.3, -0.25) is 10.1 Å². The highest BCUT2D eigenvalue weighted by Gasteiger charge is 2.19. The van der Waals surface area contributed by atoms with Gasteiger partial charge in [-0.15, -0.1) is 11.3 Å². The van der Waals surface area contributed by atoms with Gasteiger partial charge in [0.15, 0.2) is 5.13 Å². The van der Waals surface area contributed by atoms with Gasteiger partial charge in [-0.1, -0.05) is 30.3 Å². The zero-order chi connectivity index (χ0) is 14.2. The van der Waals surface area contributed by atoms with E-state index in [0.717, 1.165) is 12.0 Å². The Labute approximate surface area is 126 Å². The van der Waals surface area contributed by atoms with E-state index in [-0.39, 0.29) is 5.91 Å². The number of benzene rings is 2. The highest BCUT2D eigenvalue weighted by atomic mass is 32.1. The average Bonchev–Trinajstić information content (AvgIpc) is 3.13. The summed E-state index contributed by atoms with van der Waals surface area (Å²) in [4.78, 5) is 16.4. The minimum atomic E-state index is -0.114. The van der Waals surface area contributed by atoms with Gasteiger partial charge in [-0.05, 0) is 40.8 Å². The first-order valence-corrected chi connectivity index (χ1v) is 7.61. The van der Waals surface area contributed by atoms with E-state index in [0.29, 0.717) is 10.7 Å². The van der Waals surface area contributed by atoms with E-state index in [9.17, 15) is 4.79 Å². The zero-order valence-corrected chi connectivity index (χ0v) is 12.0. The lowest BCUT2D eigenvalue weighted by molar-refractivity contribution is 0.102. The molecule has 102 valence electrons. The summed E-state index contributed by atoms with van der Waals surface area (Å²) in [5.41, 5.74) is 5.67. The molecule has 0 saturated heterocycles. The Bertz CT molecular complexity index is 825. The van der Waals surface area contributed by atoms with Gasteiger partial charge in [0.05, 0.1) is 0 Å². The fourth-order valence-electron chi connectivity index (χ4n) is 2.72. The fourth-order valence-corrected chi connectivity index (χ4v) is 3.24. The second-order valence-electron chi connectivity index (χ2n) is 5.00. The van der Waals surface area contributed by atoms with Crippen molar-refractivity contribution in [1.29, 1.82) is 0 Å². The number of aromatic nitrogens is 1. The zero-order valence-electron chi connectivity index (χ0n) is 11.2. The number of anilines is 1. The third kappa shape index (κ3) is 2.14. The van der Waals surface area contributed by atoms with Crippen LogP contribution in [0, 0.1) is 0 Å². The molecule has 1 N–H and O–H groups in total. The molecule has 0 unspecified atom stereocenters. The van der Waals surface area contributed by atoms with E-state index in [1.807, 2.05) is 29.6 Å². The normalized spacial score (nSPS) is 11.8. The molecule has 3 aromatic rings. The van der Waals surface area contributed by atoms with Crippen LogP contribution in [0.15, 0.2) is 54.0 Å². The van der Waals surface area contributed by atoms with Crippen molar-refractivity contribution in [3.63, 3.8) is 0 Å². The van der Waals surface area contributed by atoms with E-state index in [1.165, 1.54) is 28.0 Å². The van der Waals surface area contributed by atoms with E-state index < -0.39 is 0 Å². The Morgan fingerprint density at radius 2 is 1.95 bits per heavy atom. The Kier molecular flexibility index (Phi) is 2.82. The summed E-state index contributed by atoms with van der Waals surface area (Å²) in [5, 5.41) is 5.29. The van der Waals surface area contributed by atoms with E-state index in [4.69, 9.17) is 0 Å². The summed E-state index contributed by atoms with van der Waals surface area (Å²) in [7, 11) is 0. The molecule has 21 heavy (non-hydrogen) atoms. The molecule has 4 rings (SSSR count). The van der Waals surface area contributed by atoms with Crippen LogP contribution in [0.2, 0.25) is 0 Å². The van der Waals surface area contributed by atoms with E-state index >= 15 is 0 Å². The predicted molar refractivity (Wildman–Crippen MR) is 84.8 cm³/mol. The van der Waals surface area contributed by atoms with Crippen LogP contribution < -0.4 is 5.32 Å². The lowest BCUT2D eigenvalue weighted by Gasteiger charge is -2.05. The Balaban J connectivity index is 1.69. The molecule has 0 radical (unpaired) electrons. The summed E-state index contributed by atoms with van der Waals surface area (Å²) >= 11 is 1.42. The second-order valence-corrected chi connectivity index (χ2v) is 5.89. The molecule has 1 aliphatic carbocycles. The number of thiazole rings is 1. The number of rotatable bonds is 2. The highest BCUT2D eigenvalue weighted by molar-refractivity contribution is 7.13. The second kappa shape index (κ2) is 4.82. The minimum Gasteiger partial charge on any atom is -0.298 e. The molecular formula is C17H12N2OS. The number of carbonyl (C=O) groups is 1. The van der Waals surface area contributed by atoms with Gasteiger partial charge in [0.1, 0.15) is 0 Å². The Hall–Kier alpha value is -2.46. The predicted octanol–water partition coefficient (Wildman–Crippen LogP) is 3.97. The quantitative estimate of drug-likeness (QED) is 0.607. The molecule has 0 spiro atoms. The Morgan fingerprint density at radius 1 is 1.10 bits per heavy atom. The molecule has 1 heterocycles. The van der Waals surface area contributed by atoms with Gasteiger partial charge in [0.2, 0.25) is 0 Å². The van der Waals surface area contributed by atoms with Crippen molar-refractivity contribution < 1.29 is 4.79 Å². The first kappa shape index (κ1) is 12.3. The van der Waals surface area contributed by atoms with Gasteiger partial charge in [-0.2, -0.15) is 0 Å². The highest BCUT2D eigenvalue weighted by Crippen LogP contribution is 2.36. The van der Waals surface area contributed by atoms with Crippen LogP contribution in [0.25, 0.3) is 11.1 Å². The first-order chi connectivity index (χ1) is 10.3. The van der Waals surface area contributed by atoms with Crippen molar-refractivity contribution in [3.8, 4) is 11.1 Å². The van der Waals surface area contributed by atoms with Gasteiger partial charge >= 0.3 is 0 Å². The lowest BCUT2D eigenvalue weighted by Crippen LogP contribution is -2.11. The van der Waals surface area contributed by atoms with Crippen LogP contribution in [0.1, 0.15) is 21.5 Å². The first-order valence-electron chi connectivity index (χ1n) is 6.73. The van der Waals surface area contributed by atoms with E-state index in [2.05, 4.69) is 28.5 Å². The molecule has 3 nitrogen and oxygen atoms in total. The van der Waals surface area contributed by atoms with Crippen molar-refractivity contribution in [2.24, 2.45) is 0 Å². The van der Waals surface area contributed by atoms with Crippen LogP contribution in [0.4, 0.5) is 5.13 Å². The SMILES string of the molecule is O=C(Nc1nccs1)c1ccc2c(c1)-c1ccccc1C2. The summed E-state index contributed by atoms with van der Waals surface area (Å²) in [6, 6.07) is 14.3. The molecule has 1 amide bonds. The molecule has 0 atom stereocenters. The number of fused-ring (bicyclic) bond motifs is 3. The largest absolute Gasteiger partial charge is 0.298 e. The van der Waals surface area contributed by atoms with Crippen molar-refractivity contribution >= 4 is 22.4 Å². The van der Waals surface area contributed by atoms with Gasteiger partial charge in [-0.25, -0.2) is 4.98 Å².